The van der Waals surface area contributed by atoms with Crippen molar-refractivity contribution in [3.05, 3.63) is 34.4 Å². The third-order valence-electron chi connectivity index (χ3n) is 3.32. The van der Waals surface area contributed by atoms with Crippen LogP contribution in [-0.2, 0) is 4.79 Å². The number of nitro benzene ring substituents is 1. The molecule has 20 heavy (non-hydrogen) atoms. The first-order valence-corrected chi connectivity index (χ1v) is 7.78. The van der Waals surface area contributed by atoms with Crippen LogP contribution in [0.15, 0.2) is 24.3 Å². The molecule has 1 fully saturated rings. The van der Waals surface area contributed by atoms with E-state index in [9.17, 15) is 14.9 Å². The molecule has 0 aromatic heterocycles. The van der Waals surface area contributed by atoms with Crippen LogP contribution in [0.2, 0.25) is 0 Å². The molecule has 1 amide bonds. The molecule has 1 aliphatic rings. The molecule has 6 nitrogen and oxygen atoms in total. The van der Waals surface area contributed by atoms with Crippen LogP contribution in [-0.4, -0.2) is 53.9 Å². The second-order valence-electron chi connectivity index (χ2n) is 4.55. The van der Waals surface area contributed by atoms with E-state index in [0.29, 0.717) is 37.6 Å². The molecule has 0 saturated carbocycles. The maximum absolute atomic E-state index is 11.8. The van der Waals surface area contributed by atoms with Gasteiger partial charge in [0.05, 0.1) is 10.7 Å². The lowest BCUT2D eigenvalue weighted by Crippen LogP contribution is -2.49. The number of anilines is 1. The Kier molecular flexibility index (Phi) is 4.84. The largest absolute Gasteiger partial charge is 0.362 e. The van der Waals surface area contributed by atoms with E-state index in [0.717, 1.165) is 0 Å². The van der Waals surface area contributed by atoms with Crippen molar-refractivity contribution in [2.45, 2.75) is 0 Å². The molecule has 0 radical (unpaired) electrons. The highest BCUT2D eigenvalue weighted by Crippen LogP contribution is 2.28. The summed E-state index contributed by atoms with van der Waals surface area (Å²) in [5, 5.41) is 11.0. The number of carbonyl (C=O) groups excluding carboxylic acids is 1. The van der Waals surface area contributed by atoms with Crippen molar-refractivity contribution < 1.29 is 9.72 Å². The lowest BCUT2D eigenvalue weighted by molar-refractivity contribution is -0.384. The molecule has 1 aliphatic heterocycles. The zero-order valence-corrected chi connectivity index (χ0v) is 12.1. The van der Waals surface area contributed by atoms with Gasteiger partial charge in [-0.1, -0.05) is 12.1 Å². The number of rotatable bonds is 4. The molecule has 0 unspecified atom stereocenters. The number of hydrogen-bond donors (Lipinski definition) is 0. The number of amides is 1. The van der Waals surface area contributed by atoms with Crippen LogP contribution in [0, 0.1) is 10.1 Å². The fourth-order valence-electron chi connectivity index (χ4n) is 2.30. The Morgan fingerprint density at radius 2 is 1.95 bits per heavy atom. The number of thioether (sulfide) groups is 1. The summed E-state index contributed by atoms with van der Waals surface area (Å²) in [4.78, 5) is 26.3. The van der Waals surface area contributed by atoms with Crippen molar-refractivity contribution in [2.75, 3.05) is 43.1 Å². The van der Waals surface area contributed by atoms with Gasteiger partial charge >= 0.3 is 0 Å². The van der Waals surface area contributed by atoms with Gasteiger partial charge in [-0.15, -0.1) is 0 Å². The third kappa shape index (κ3) is 3.22. The van der Waals surface area contributed by atoms with Gasteiger partial charge in [-0.2, -0.15) is 11.8 Å². The number of carbonyl (C=O) groups is 1. The quantitative estimate of drug-likeness (QED) is 0.623. The minimum atomic E-state index is -0.361. The second-order valence-corrected chi connectivity index (χ2v) is 5.41. The van der Waals surface area contributed by atoms with Crippen molar-refractivity contribution in [1.29, 1.82) is 0 Å². The summed E-state index contributed by atoms with van der Waals surface area (Å²) in [6.45, 7) is 2.49. The second kappa shape index (κ2) is 6.60. The van der Waals surface area contributed by atoms with E-state index in [1.807, 2.05) is 16.1 Å². The van der Waals surface area contributed by atoms with Gasteiger partial charge < -0.3 is 9.80 Å². The van der Waals surface area contributed by atoms with Crippen LogP contribution in [0.4, 0.5) is 11.4 Å². The summed E-state index contributed by atoms with van der Waals surface area (Å²) in [6.07, 6.45) is 1.90. The van der Waals surface area contributed by atoms with Crippen molar-refractivity contribution >= 4 is 29.0 Å². The van der Waals surface area contributed by atoms with Crippen LogP contribution >= 0.6 is 11.8 Å². The minimum Gasteiger partial charge on any atom is -0.362 e. The molecule has 1 aromatic carbocycles. The molecule has 0 N–H and O–H groups in total. The fraction of sp³-hybridized carbons (Fsp3) is 0.462. The SMILES string of the molecule is CSCC(=O)N1CCN(c2ccccc2[N+](=O)[O-])CC1. The van der Waals surface area contributed by atoms with Gasteiger partial charge in [-0.25, -0.2) is 0 Å². The topological polar surface area (TPSA) is 66.7 Å². The van der Waals surface area contributed by atoms with Crippen LogP contribution in [0.3, 0.4) is 0 Å². The Balaban J connectivity index is 2.04. The Bertz CT molecular complexity index is 501. The van der Waals surface area contributed by atoms with Crippen LogP contribution in [0.5, 0.6) is 0 Å². The predicted octanol–water partition coefficient (Wildman–Crippen LogP) is 1.61. The van der Waals surface area contributed by atoms with E-state index in [1.165, 1.54) is 17.8 Å². The Hall–Kier alpha value is -1.76. The lowest BCUT2D eigenvalue weighted by Gasteiger charge is -2.35. The first-order valence-electron chi connectivity index (χ1n) is 6.38. The van der Waals surface area contributed by atoms with Crippen LogP contribution < -0.4 is 4.90 Å². The third-order valence-corrected chi connectivity index (χ3v) is 3.85. The number of hydrogen-bond acceptors (Lipinski definition) is 5. The van der Waals surface area contributed by atoms with E-state index < -0.39 is 0 Å². The number of nitrogens with zero attached hydrogens (tertiary/aromatic N) is 3. The zero-order valence-electron chi connectivity index (χ0n) is 11.3. The Morgan fingerprint density at radius 1 is 1.30 bits per heavy atom. The highest BCUT2D eigenvalue weighted by atomic mass is 32.2. The smallest absolute Gasteiger partial charge is 0.292 e. The molecule has 1 aromatic rings. The first kappa shape index (κ1) is 14.6. The number of para-hydroxylation sites is 2. The highest BCUT2D eigenvalue weighted by Gasteiger charge is 2.24. The molecule has 0 spiro atoms. The average molecular weight is 295 g/mol. The van der Waals surface area contributed by atoms with Gasteiger partial charge in [0.15, 0.2) is 0 Å². The molecule has 1 heterocycles. The van der Waals surface area contributed by atoms with Crippen LogP contribution in [0.1, 0.15) is 0 Å². The van der Waals surface area contributed by atoms with Gasteiger partial charge in [0.1, 0.15) is 5.69 Å². The summed E-state index contributed by atoms with van der Waals surface area (Å²) in [5.74, 6) is 0.630. The van der Waals surface area contributed by atoms with Gasteiger partial charge in [0.25, 0.3) is 5.69 Å². The number of nitro groups is 1. The number of piperazine rings is 1. The van der Waals surface area contributed by atoms with Crippen molar-refractivity contribution in [1.82, 2.24) is 4.90 Å². The number of benzene rings is 1. The van der Waals surface area contributed by atoms with E-state index in [4.69, 9.17) is 0 Å². The monoisotopic (exact) mass is 295 g/mol. The average Bonchev–Trinajstić information content (AvgIpc) is 2.47. The standard InChI is InChI=1S/C13H17N3O3S/c1-20-10-13(17)15-8-6-14(7-9-15)11-4-2-3-5-12(11)16(18)19/h2-5H,6-10H2,1H3. The predicted molar refractivity (Wildman–Crippen MR) is 80.3 cm³/mol. The van der Waals surface area contributed by atoms with E-state index in [1.54, 1.807) is 18.2 Å². The minimum absolute atomic E-state index is 0.122. The molecule has 7 heteroatoms. The molecule has 108 valence electrons. The van der Waals surface area contributed by atoms with Gasteiger partial charge in [-0.3, -0.25) is 14.9 Å². The molecule has 1 saturated heterocycles. The summed E-state index contributed by atoms with van der Waals surface area (Å²) in [5.41, 5.74) is 0.755. The van der Waals surface area contributed by atoms with E-state index in [2.05, 4.69) is 0 Å². The first-order chi connectivity index (χ1) is 9.63. The fourth-order valence-corrected chi connectivity index (χ4v) is 2.73. The van der Waals surface area contributed by atoms with E-state index in [-0.39, 0.29) is 16.5 Å². The van der Waals surface area contributed by atoms with Gasteiger partial charge in [0, 0.05) is 32.2 Å². The Labute approximate surface area is 121 Å². The maximum Gasteiger partial charge on any atom is 0.292 e. The summed E-state index contributed by atoms with van der Waals surface area (Å²) < 4.78 is 0. The van der Waals surface area contributed by atoms with Crippen molar-refractivity contribution in [3.8, 4) is 0 Å². The van der Waals surface area contributed by atoms with Gasteiger partial charge in [0.2, 0.25) is 5.91 Å². The lowest BCUT2D eigenvalue weighted by atomic mass is 10.2. The molecule has 0 bridgehead atoms. The normalized spacial score (nSPS) is 15.2. The van der Waals surface area contributed by atoms with Crippen LogP contribution in [0.25, 0.3) is 0 Å². The molecule has 2 rings (SSSR count). The van der Waals surface area contributed by atoms with Crippen molar-refractivity contribution in [2.24, 2.45) is 0 Å². The summed E-state index contributed by atoms with van der Waals surface area (Å²) in [6, 6.07) is 6.74. The zero-order chi connectivity index (χ0) is 14.5. The van der Waals surface area contributed by atoms with Gasteiger partial charge in [-0.05, 0) is 12.3 Å². The summed E-state index contributed by atoms with van der Waals surface area (Å²) >= 11 is 1.51. The maximum atomic E-state index is 11.8. The molecular weight excluding hydrogens is 278 g/mol. The molecular formula is C13H17N3O3S. The molecule has 0 atom stereocenters. The Morgan fingerprint density at radius 3 is 2.55 bits per heavy atom. The highest BCUT2D eigenvalue weighted by molar-refractivity contribution is 7.99. The van der Waals surface area contributed by atoms with Crippen molar-refractivity contribution in [3.63, 3.8) is 0 Å². The van der Waals surface area contributed by atoms with E-state index >= 15 is 0 Å². The summed E-state index contributed by atoms with van der Waals surface area (Å²) in [7, 11) is 0. The molecule has 0 aliphatic carbocycles.